The van der Waals surface area contributed by atoms with E-state index in [0.29, 0.717) is 6.04 Å². The smallest absolute Gasteiger partial charge is 0.128 e. The minimum Gasteiger partial charge on any atom is -0.357 e. The fourth-order valence-electron chi connectivity index (χ4n) is 2.49. The van der Waals surface area contributed by atoms with Gasteiger partial charge in [-0.25, -0.2) is 4.98 Å². The Morgan fingerprint density at radius 3 is 2.82 bits per heavy atom. The lowest BCUT2D eigenvalue weighted by Crippen LogP contribution is -2.29. The fraction of sp³-hybridized carbons (Fsp3) is 0.643. The van der Waals surface area contributed by atoms with Gasteiger partial charge in [0.05, 0.1) is 5.69 Å². The molecule has 1 aromatic heterocycles. The molecule has 0 amide bonds. The van der Waals surface area contributed by atoms with Gasteiger partial charge in [0.25, 0.3) is 0 Å². The van der Waals surface area contributed by atoms with Crippen LogP contribution in [-0.4, -0.2) is 24.6 Å². The van der Waals surface area contributed by atoms with Gasteiger partial charge in [0, 0.05) is 19.6 Å². The quantitative estimate of drug-likeness (QED) is 0.847. The van der Waals surface area contributed by atoms with Crippen LogP contribution in [0, 0.1) is 0 Å². The van der Waals surface area contributed by atoms with Crippen LogP contribution in [0.2, 0.25) is 0 Å². The van der Waals surface area contributed by atoms with Crippen molar-refractivity contribution in [3.63, 3.8) is 0 Å². The molecule has 0 saturated heterocycles. The zero-order chi connectivity index (χ0) is 12.1. The summed E-state index contributed by atoms with van der Waals surface area (Å²) in [5.41, 5.74) is 1.13. The highest BCUT2D eigenvalue weighted by Gasteiger charge is 2.20. The molecule has 0 atom stereocenters. The zero-order valence-corrected chi connectivity index (χ0v) is 10.9. The summed E-state index contributed by atoms with van der Waals surface area (Å²) in [4.78, 5) is 7.07. The van der Waals surface area contributed by atoms with Crippen molar-refractivity contribution in [2.45, 2.75) is 45.2 Å². The van der Waals surface area contributed by atoms with Gasteiger partial charge in [-0.2, -0.15) is 0 Å². The highest BCUT2D eigenvalue weighted by molar-refractivity contribution is 5.39. The molecule has 1 aromatic rings. The third-order valence-corrected chi connectivity index (χ3v) is 3.58. The van der Waals surface area contributed by atoms with Gasteiger partial charge in [-0.15, -0.1) is 0 Å². The molecule has 1 aliphatic carbocycles. The van der Waals surface area contributed by atoms with Gasteiger partial charge in [0.2, 0.25) is 0 Å². The second kappa shape index (κ2) is 6.01. The lowest BCUT2D eigenvalue weighted by atomic mass is 10.2. The Kier molecular flexibility index (Phi) is 4.37. The van der Waals surface area contributed by atoms with E-state index in [1.807, 2.05) is 0 Å². The lowest BCUT2D eigenvalue weighted by Gasteiger charge is -2.25. The Morgan fingerprint density at radius 2 is 2.12 bits per heavy atom. The lowest BCUT2D eigenvalue weighted by molar-refractivity contribution is 0.641. The molecule has 1 saturated carbocycles. The predicted octanol–water partition coefficient (Wildman–Crippen LogP) is 2.57. The Bertz CT molecular complexity index is 345. The van der Waals surface area contributed by atoms with Gasteiger partial charge in [-0.1, -0.05) is 25.8 Å². The number of hydrogen-bond acceptors (Lipinski definition) is 3. The maximum atomic E-state index is 4.72. The number of hydrogen-bond donors (Lipinski definition) is 1. The van der Waals surface area contributed by atoms with E-state index in [0.717, 1.165) is 24.6 Å². The summed E-state index contributed by atoms with van der Waals surface area (Å²) in [5, 5.41) is 3.32. The molecule has 17 heavy (non-hydrogen) atoms. The average molecular weight is 233 g/mol. The molecule has 1 fully saturated rings. The van der Waals surface area contributed by atoms with Crippen molar-refractivity contribution in [1.82, 2.24) is 10.3 Å². The molecule has 0 bridgehead atoms. The van der Waals surface area contributed by atoms with Crippen LogP contribution in [0.15, 0.2) is 18.2 Å². The standard InChI is InChI=1S/C14H23N3/c1-3-15-11-12-7-6-10-14(16-12)17(2)13-8-4-5-9-13/h6-7,10,13,15H,3-5,8-9,11H2,1-2H3. The van der Waals surface area contributed by atoms with Crippen LogP contribution in [-0.2, 0) is 6.54 Å². The Balaban J connectivity index is 2.03. The largest absolute Gasteiger partial charge is 0.357 e. The maximum absolute atomic E-state index is 4.72. The molecule has 1 aliphatic rings. The monoisotopic (exact) mass is 233 g/mol. The van der Waals surface area contributed by atoms with E-state index in [-0.39, 0.29) is 0 Å². The highest BCUT2D eigenvalue weighted by atomic mass is 15.2. The molecule has 1 heterocycles. The van der Waals surface area contributed by atoms with Crippen LogP contribution in [0.25, 0.3) is 0 Å². The molecule has 0 aliphatic heterocycles. The van der Waals surface area contributed by atoms with Crippen molar-refractivity contribution in [1.29, 1.82) is 0 Å². The first-order chi connectivity index (χ1) is 8.31. The van der Waals surface area contributed by atoms with Gasteiger partial charge in [-0.05, 0) is 31.5 Å². The number of rotatable bonds is 5. The summed E-state index contributed by atoms with van der Waals surface area (Å²) in [6.45, 7) is 3.97. The van der Waals surface area contributed by atoms with E-state index >= 15 is 0 Å². The van der Waals surface area contributed by atoms with Crippen LogP contribution in [0.5, 0.6) is 0 Å². The number of nitrogens with one attached hydrogen (secondary N) is 1. The second-order valence-corrected chi connectivity index (χ2v) is 4.82. The van der Waals surface area contributed by atoms with E-state index in [4.69, 9.17) is 4.98 Å². The van der Waals surface area contributed by atoms with Crippen LogP contribution in [0.4, 0.5) is 5.82 Å². The van der Waals surface area contributed by atoms with Gasteiger partial charge in [-0.3, -0.25) is 0 Å². The molecule has 3 nitrogen and oxygen atoms in total. The van der Waals surface area contributed by atoms with Crippen molar-refractivity contribution < 1.29 is 0 Å². The molecule has 0 unspecified atom stereocenters. The molecule has 0 aromatic carbocycles. The number of nitrogens with zero attached hydrogens (tertiary/aromatic N) is 2. The van der Waals surface area contributed by atoms with Crippen LogP contribution in [0.1, 0.15) is 38.3 Å². The number of aromatic nitrogens is 1. The normalized spacial score (nSPS) is 16.4. The van der Waals surface area contributed by atoms with Crippen molar-refractivity contribution >= 4 is 5.82 Å². The first kappa shape index (κ1) is 12.4. The minimum absolute atomic E-state index is 0.692. The SMILES string of the molecule is CCNCc1cccc(N(C)C2CCCC2)n1. The summed E-state index contributed by atoms with van der Waals surface area (Å²) in [6.07, 6.45) is 5.36. The Hall–Kier alpha value is -1.09. The topological polar surface area (TPSA) is 28.2 Å². The molecule has 94 valence electrons. The second-order valence-electron chi connectivity index (χ2n) is 4.82. The van der Waals surface area contributed by atoms with Crippen molar-refractivity contribution in [3.05, 3.63) is 23.9 Å². The molecule has 1 N–H and O–H groups in total. The van der Waals surface area contributed by atoms with E-state index < -0.39 is 0 Å². The molecular weight excluding hydrogens is 210 g/mol. The average Bonchev–Trinajstić information content (AvgIpc) is 2.89. The zero-order valence-electron chi connectivity index (χ0n) is 10.9. The summed E-state index contributed by atoms with van der Waals surface area (Å²) in [6, 6.07) is 7.01. The van der Waals surface area contributed by atoms with E-state index in [2.05, 4.69) is 42.4 Å². The van der Waals surface area contributed by atoms with Crippen molar-refractivity contribution in [2.24, 2.45) is 0 Å². The third-order valence-electron chi connectivity index (χ3n) is 3.58. The van der Waals surface area contributed by atoms with E-state index in [9.17, 15) is 0 Å². The molecule has 0 radical (unpaired) electrons. The predicted molar refractivity (Wildman–Crippen MR) is 72.3 cm³/mol. The molecule has 2 rings (SSSR count). The van der Waals surface area contributed by atoms with Crippen LogP contribution in [0.3, 0.4) is 0 Å². The van der Waals surface area contributed by atoms with Gasteiger partial charge in [0.1, 0.15) is 5.82 Å². The highest BCUT2D eigenvalue weighted by Crippen LogP contribution is 2.25. The first-order valence-corrected chi connectivity index (χ1v) is 6.70. The minimum atomic E-state index is 0.692. The summed E-state index contributed by atoms with van der Waals surface area (Å²) >= 11 is 0. The van der Waals surface area contributed by atoms with Crippen molar-refractivity contribution in [3.8, 4) is 0 Å². The molecule has 0 spiro atoms. The van der Waals surface area contributed by atoms with Crippen molar-refractivity contribution in [2.75, 3.05) is 18.5 Å². The van der Waals surface area contributed by atoms with Gasteiger partial charge in [0.15, 0.2) is 0 Å². The Morgan fingerprint density at radius 1 is 1.35 bits per heavy atom. The molecule has 3 heteroatoms. The third kappa shape index (κ3) is 3.19. The van der Waals surface area contributed by atoms with Crippen LogP contribution >= 0.6 is 0 Å². The fourth-order valence-corrected chi connectivity index (χ4v) is 2.49. The number of pyridine rings is 1. The Labute approximate surface area is 104 Å². The van der Waals surface area contributed by atoms with Crippen LogP contribution < -0.4 is 10.2 Å². The maximum Gasteiger partial charge on any atom is 0.128 e. The number of anilines is 1. The van der Waals surface area contributed by atoms with Gasteiger partial charge < -0.3 is 10.2 Å². The first-order valence-electron chi connectivity index (χ1n) is 6.70. The summed E-state index contributed by atoms with van der Waals surface area (Å²) in [5.74, 6) is 1.12. The summed E-state index contributed by atoms with van der Waals surface area (Å²) in [7, 11) is 2.18. The summed E-state index contributed by atoms with van der Waals surface area (Å²) < 4.78 is 0. The van der Waals surface area contributed by atoms with E-state index in [1.165, 1.54) is 25.7 Å². The van der Waals surface area contributed by atoms with Gasteiger partial charge >= 0.3 is 0 Å². The van der Waals surface area contributed by atoms with E-state index in [1.54, 1.807) is 0 Å². The molecular formula is C14H23N3.